The molecule has 1 aliphatic rings. The number of halogens is 1. The molecule has 2 aromatic carbocycles. The maximum Gasteiger partial charge on any atom is 0.325 e. The van der Waals surface area contributed by atoms with Gasteiger partial charge in [0.1, 0.15) is 13.2 Å². The lowest BCUT2D eigenvalue weighted by molar-refractivity contribution is -0.147. The van der Waals surface area contributed by atoms with Gasteiger partial charge in [-0.05, 0) is 54.8 Å². The number of hydrogen-bond acceptors (Lipinski definition) is 6. The fourth-order valence-electron chi connectivity index (χ4n) is 2.77. The summed E-state index contributed by atoms with van der Waals surface area (Å²) in [6.07, 6.45) is -0.113. The highest BCUT2D eigenvalue weighted by atomic mass is 35.5. The molecule has 1 heterocycles. The Balaban J connectivity index is 1.46. The van der Waals surface area contributed by atoms with Gasteiger partial charge in [0.2, 0.25) is 0 Å². The number of anilines is 1. The zero-order valence-corrected chi connectivity index (χ0v) is 17.3. The van der Waals surface area contributed by atoms with Gasteiger partial charge in [0.15, 0.2) is 18.1 Å². The summed E-state index contributed by atoms with van der Waals surface area (Å²) in [7, 11) is 0. The van der Waals surface area contributed by atoms with E-state index in [0.717, 1.165) is 11.1 Å². The zero-order valence-electron chi connectivity index (χ0n) is 16.5. The van der Waals surface area contributed by atoms with E-state index in [1.54, 1.807) is 24.3 Å². The van der Waals surface area contributed by atoms with Gasteiger partial charge in [-0.1, -0.05) is 17.7 Å². The number of nitrogens with one attached hydrogen (secondary N) is 2. The van der Waals surface area contributed by atoms with Crippen molar-refractivity contribution in [2.45, 2.75) is 20.3 Å². The lowest BCUT2D eigenvalue weighted by Crippen LogP contribution is -2.37. The van der Waals surface area contributed by atoms with Crippen LogP contribution in [0, 0.1) is 13.8 Å². The first-order valence-corrected chi connectivity index (χ1v) is 9.61. The summed E-state index contributed by atoms with van der Waals surface area (Å²) in [5.74, 6) is -0.496. The van der Waals surface area contributed by atoms with E-state index in [9.17, 15) is 14.4 Å². The van der Waals surface area contributed by atoms with Gasteiger partial charge >= 0.3 is 12.0 Å². The number of benzene rings is 2. The molecular formula is C21H21ClN2O6. The van der Waals surface area contributed by atoms with Gasteiger partial charge in [-0.25, -0.2) is 4.79 Å². The lowest BCUT2D eigenvalue weighted by Gasteiger charge is -2.20. The van der Waals surface area contributed by atoms with E-state index < -0.39 is 24.5 Å². The number of fused-ring (bicyclic) bond motifs is 1. The maximum absolute atomic E-state index is 12.0. The van der Waals surface area contributed by atoms with E-state index in [0.29, 0.717) is 41.0 Å². The smallest absolute Gasteiger partial charge is 0.325 e. The van der Waals surface area contributed by atoms with Crippen LogP contribution in [-0.2, 0) is 20.7 Å². The van der Waals surface area contributed by atoms with Crippen LogP contribution < -0.4 is 20.1 Å². The van der Waals surface area contributed by atoms with Crippen molar-refractivity contribution in [3.8, 4) is 11.5 Å². The Labute approximate surface area is 178 Å². The molecule has 0 bridgehead atoms. The van der Waals surface area contributed by atoms with Crippen LogP contribution >= 0.6 is 11.6 Å². The standard InChI is InChI=1S/C21H21ClN2O6/c1-12-3-4-15(7-13(12)2)23-21(27)24-18(25)11-30-19(26)10-14-8-16(22)20-17(9-14)28-5-6-29-20/h3-4,7-9H,5-6,10-11H2,1-2H3,(H2,23,24,25,27). The number of carbonyl (C=O) groups excluding carboxylic acids is 3. The summed E-state index contributed by atoms with van der Waals surface area (Å²) in [5, 5.41) is 4.99. The van der Waals surface area contributed by atoms with Gasteiger partial charge in [-0.3, -0.25) is 14.9 Å². The van der Waals surface area contributed by atoms with Gasteiger partial charge in [0.25, 0.3) is 5.91 Å². The third-order valence-corrected chi connectivity index (χ3v) is 4.67. The van der Waals surface area contributed by atoms with Crippen molar-refractivity contribution in [2.24, 2.45) is 0 Å². The number of hydrogen-bond donors (Lipinski definition) is 2. The Morgan fingerprint density at radius 3 is 2.60 bits per heavy atom. The van der Waals surface area contributed by atoms with Gasteiger partial charge in [0.05, 0.1) is 11.4 Å². The molecular weight excluding hydrogens is 412 g/mol. The Bertz CT molecular complexity index is 992. The number of esters is 1. The molecule has 2 N–H and O–H groups in total. The highest BCUT2D eigenvalue weighted by molar-refractivity contribution is 6.32. The summed E-state index contributed by atoms with van der Waals surface area (Å²) in [5.41, 5.74) is 3.20. The monoisotopic (exact) mass is 432 g/mol. The summed E-state index contributed by atoms with van der Waals surface area (Å²) in [6, 6.07) is 7.88. The van der Waals surface area contributed by atoms with Crippen LogP contribution in [0.4, 0.5) is 10.5 Å². The van der Waals surface area contributed by atoms with E-state index >= 15 is 0 Å². The number of carbonyl (C=O) groups is 3. The minimum absolute atomic E-state index is 0.113. The summed E-state index contributed by atoms with van der Waals surface area (Å²) >= 11 is 6.13. The first-order chi connectivity index (χ1) is 14.3. The Hall–Kier alpha value is -3.26. The highest BCUT2D eigenvalue weighted by Gasteiger charge is 2.18. The molecule has 3 rings (SSSR count). The summed E-state index contributed by atoms with van der Waals surface area (Å²) in [4.78, 5) is 35.8. The van der Waals surface area contributed by atoms with Crippen LogP contribution in [0.5, 0.6) is 11.5 Å². The van der Waals surface area contributed by atoms with Crippen molar-refractivity contribution in [3.05, 3.63) is 52.0 Å². The van der Waals surface area contributed by atoms with Crippen LogP contribution in [0.15, 0.2) is 30.3 Å². The molecule has 0 aliphatic carbocycles. The molecule has 9 heteroatoms. The molecule has 30 heavy (non-hydrogen) atoms. The van der Waals surface area contributed by atoms with E-state index in [1.807, 2.05) is 19.9 Å². The van der Waals surface area contributed by atoms with Crippen molar-refractivity contribution in [1.82, 2.24) is 5.32 Å². The molecule has 0 fully saturated rings. The molecule has 8 nitrogen and oxygen atoms in total. The maximum atomic E-state index is 12.0. The summed E-state index contributed by atoms with van der Waals surface area (Å²) in [6.45, 7) is 4.08. The molecule has 1 aliphatic heterocycles. The highest BCUT2D eigenvalue weighted by Crippen LogP contribution is 2.38. The SMILES string of the molecule is Cc1ccc(NC(=O)NC(=O)COC(=O)Cc2cc(Cl)c3c(c2)OCCO3)cc1C. The number of ether oxygens (including phenoxy) is 3. The largest absolute Gasteiger partial charge is 0.486 e. The molecule has 0 radical (unpaired) electrons. The molecule has 0 unspecified atom stereocenters. The predicted molar refractivity (Wildman–Crippen MR) is 110 cm³/mol. The second kappa shape index (κ2) is 9.49. The minimum Gasteiger partial charge on any atom is -0.486 e. The van der Waals surface area contributed by atoms with Crippen LogP contribution in [0.2, 0.25) is 5.02 Å². The number of rotatable bonds is 5. The average molecular weight is 433 g/mol. The molecule has 2 aromatic rings. The van der Waals surface area contributed by atoms with Crippen molar-refractivity contribution in [3.63, 3.8) is 0 Å². The van der Waals surface area contributed by atoms with Gasteiger partial charge in [-0.2, -0.15) is 0 Å². The van der Waals surface area contributed by atoms with Gasteiger partial charge in [0, 0.05) is 5.69 Å². The van der Waals surface area contributed by atoms with Crippen molar-refractivity contribution in [1.29, 1.82) is 0 Å². The van der Waals surface area contributed by atoms with E-state index in [1.165, 1.54) is 0 Å². The molecule has 0 saturated heterocycles. The second-order valence-corrected chi connectivity index (χ2v) is 7.15. The normalized spacial score (nSPS) is 12.1. The fourth-order valence-corrected chi connectivity index (χ4v) is 3.06. The Morgan fingerprint density at radius 2 is 1.83 bits per heavy atom. The topological polar surface area (TPSA) is 103 Å². The third kappa shape index (κ3) is 5.64. The average Bonchev–Trinajstić information content (AvgIpc) is 2.69. The van der Waals surface area contributed by atoms with E-state index in [-0.39, 0.29) is 6.42 Å². The van der Waals surface area contributed by atoms with Crippen LogP contribution in [0.3, 0.4) is 0 Å². The lowest BCUT2D eigenvalue weighted by atomic mass is 10.1. The fraction of sp³-hybridized carbons (Fsp3) is 0.286. The molecule has 0 atom stereocenters. The first-order valence-electron chi connectivity index (χ1n) is 9.23. The third-order valence-electron chi connectivity index (χ3n) is 4.39. The number of aryl methyl sites for hydroxylation is 2. The number of urea groups is 1. The molecule has 0 spiro atoms. The van der Waals surface area contributed by atoms with Crippen molar-refractivity contribution >= 4 is 35.2 Å². The zero-order chi connectivity index (χ0) is 21.7. The van der Waals surface area contributed by atoms with Crippen molar-refractivity contribution in [2.75, 3.05) is 25.1 Å². The van der Waals surface area contributed by atoms with Crippen LogP contribution in [0.1, 0.15) is 16.7 Å². The number of amides is 3. The first kappa shape index (κ1) is 21.4. The quantitative estimate of drug-likeness (QED) is 0.703. The van der Waals surface area contributed by atoms with E-state index in [2.05, 4.69) is 10.6 Å². The Kier molecular flexibility index (Phi) is 6.79. The molecule has 0 aromatic heterocycles. The molecule has 3 amide bonds. The molecule has 0 saturated carbocycles. The Morgan fingerprint density at radius 1 is 1.07 bits per heavy atom. The van der Waals surface area contributed by atoms with Gasteiger partial charge < -0.3 is 19.5 Å². The minimum atomic E-state index is -0.745. The number of imide groups is 1. The summed E-state index contributed by atoms with van der Waals surface area (Å²) < 4.78 is 15.8. The van der Waals surface area contributed by atoms with Gasteiger partial charge in [-0.15, -0.1) is 0 Å². The molecule has 158 valence electrons. The van der Waals surface area contributed by atoms with Crippen molar-refractivity contribution < 1.29 is 28.6 Å². The van der Waals surface area contributed by atoms with Crippen LogP contribution in [0.25, 0.3) is 0 Å². The van der Waals surface area contributed by atoms with E-state index in [4.69, 9.17) is 25.8 Å². The second-order valence-electron chi connectivity index (χ2n) is 6.74. The van der Waals surface area contributed by atoms with Crippen LogP contribution in [-0.4, -0.2) is 37.7 Å². The predicted octanol–water partition coefficient (Wildman–Crippen LogP) is 3.16.